The van der Waals surface area contributed by atoms with Crippen molar-refractivity contribution in [2.75, 3.05) is 0 Å². The van der Waals surface area contributed by atoms with E-state index in [2.05, 4.69) is 0 Å². The van der Waals surface area contributed by atoms with Crippen LogP contribution in [0.5, 0.6) is 0 Å². The Bertz CT molecular complexity index is 318. The van der Waals surface area contributed by atoms with Gasteiger partial charge < -0.3 is 4.98 Å². The molecular formula is C4H6AsFN2O2. The monoisotopic (exact) mass is 208 g/mol. The minimum atomic E-state index is -1.00. The first-order valence-electron chi connectivity index (χ1n) is 2.17. The number of aromatic nitrogens is 2. The molecule has 0 fully saturated rings. The van der Waals surface area contributed by atoms with E-state index in [-0.39, 0.29) is 18.0 Å². The first-order chi connectivity index (χ1) is 4.20. The molecule has 10 heavy (non-hydrogen) atoms. The van der Waals surface area contributed by atoms with Crippen LogP contribution in [0.3, 0.4) is 0 Å². The minimum absolute atomic E-state index is 0. The van der Waals surface area contributed by atoms with Gasteiger partial charge in [-0.25, -0.2) is 4.79 Å². The van der Waals surface area contributed by atoms with Crippen molar-refractivity contribution >= 4 is 18.0 Å². The van der Waals surface area contributed by atoms with Crippen LogP contribution in [-0.4, -0.2) is 27.9 Å². The zero-order chi connectivity index (χ0) is 6.85. The van der Waals surface area contributed by atoms with Crippen LogP contribution in [0.15, 0.2) is 15.8 Å². The molecule has 0 amide bonds. The Labute approximate surface area is 65.8 Å². The molecule has 2 N–H and O–H groups in total. The number of rotatable bonds is 0. The molecule has 1 unspecified atom stereocenters. The van der Waals surface area contributed by atoms with Gasteiger partial charge >= 0.3 is 23.6 Å². The van der Waals surface area contributed by atoms with Crippen molar-refractivity contribution in [3.05, 3.63) is 32.9 Å². The van der Waals surface area contributed by atoms with Crippen LogP contribution in [0.1, 0.15) is 0 Å². The van der Waals surface area contributed by atoms with Gasteiger partial charge in [0, 0.05) is 6.20 Å². The van der Waals surface area contributed by atoms with E-state index in [9.17, 15) is 14.0 Å². The number of hydrogen-bond donors (Lipinski definition) is 2. The third kappa shape index (κ3) is 1.84. The Morgan fingerprint density at radius 3 is 2.40 bits per heavy atom. The molecule has 1 aromatic rings. The Hall–Kier alpha value is -0.832. The fourth-order valence-corrected chi connectivity index (χ4v) is 0.393. The molecule has 0 aliphatic rings. The number of halogens is 1. The first kappa shape index (κ1) is 9.17. The summed E-state index contributed by atoms with van der Waals surface area (Å²) in [6.07, 6.45) is 0.709. The number of nitrogens with one attached hydrogen (secondary N) is 2. The molecule has 0 aromatic carbocycles. The fraction of sp³-hybridized carbons (Fsp3) is 0. The van der Waals surface area contributed by atoms with Gasteiger partial charge in [0.2, 0.25) is 5.82 Å². The summed E-state index contributed by atoms with van der Waals surface area (Å²) in [6, 6.07) is 0. The van der Waals surface area contributed by atoms with E-state index in [1.54, 1.807) is 4.98 Å². The second-order valence-electron chi connectivity index (χ2n) is 1.42. The molecule has 0 saturated carbocycles. The molecule has 4 nitrogen and oxygen atoms in total. The quantitative estimate of drug-likeness (QED) is 0.485. The van der Waals surface area contributed by atoms with Gasteiger partial charge in [-0.3, -0.25) is 9.78 Å². The molecule has 0 bridgehead atoms. The zero-order valence-electron chi connectivity index (χ0n) is 4.98. The predicted molar refractivity (Wildman–Crippen MR) is 37.6 cm³/mol. The van der Waals surface area contributed by atoms with Crippen LogP contribution in [0.4, 0.5) is 4.39 Å². The van der Waals surface area contributed by atoms with E-state index in [4.69, 9.17) is 0 Å². The molecule has 0 aliphatic heterocycles. The number of aromatic amines is 2. The van der Waals surface area contributed by atoms with Crippen LogP contribution in [-0.2, 0) is 0 Å². The summed E-state index contributed by atoms with van der Waals surface area (Å²) in [5.74, 6) is -0.991. The van der Waals surface area contributed by atoms with Gasteiger partial charge in [-0.15, -0.1) is 0 Å². The van der Waals surface area contributed by atoms with Gasteiger partial charge in [0.15, 0.2) is 0 Å². The van der Waals surface area contributed by atoms with Crippen molar-refractivity contribution < 1.29 is 4.39 Å². The van der Waals surface area contributed by atoms with Crippen molar-refractivity contribution in [1.29, 1.82) is 0 Å². The number of H-pyrrole nitrogens is 2. The molecule has 56 valence electrons. The molecule has 1 heterocycles. The summed E-state index contributed by atoms with van der Waals surface area (Å²) >= 11 is 0. The van der Waals surface area contributed by atoms with Crippen molar-refractivity contribution in [3.63, 3.8) is 0 Å². The molecule has 0 aliphatic carbocycles. The Kier molecular flexibility index (Phi) is 3.09. The SMILES string of the molecule is O=c1[nH]cc(F)c(=O)[nH]1.[AsH3]. The standard InChI is InChI=1S/C4H3FN2O2.AsH3/c5-2-1-6-4(9)7-3(2)8;/h1H,(H2,6,7,8,9);1H3. The van der Waals surface area contributed by atoms with E-state index >= 15 is 0 Å². The van der Waals surface area contributed by atoms with Crippen molar-refractivity contribution in [1.82, 2.24) is 9.97 Å². The van der Waals surface area contributed by atoms with Gasteiger partial charge in [-0.05, 0) is 0 Å². The molecule has 0 spiro atoms. The van der Waals surface area contributed by atoms with Crippen LogP contribution >= 0.6 is 0 Å². The predicted octanol–water partition coefficient (Wildman–Crippen LogP) is -1.98. The molecule has 0 saturated heterocycles. The summed E-state index contributed by atoms with van der Waals surface area (Å²) in [7, 11) is 0. The average Bonchev–Trinajstić information content (AvgIpc) is 1.80. The van der Waals surface area contributed by atoms with Gasteiger partial charge in [0.1, 0.15) is 0 Å². The van der Waals surface area contributed by atoms with Crippen molar-refractivity contribution in [2.45, 2.75) is 0 Å². The molecule has 1 aromatic heterocycles. The summed E-state index contributed by atoms with van der Waals surface area (Å²) in [5, 5.41) is 0. The second-order valence-corrected chi connectivity index (χ2v) is 1.42. The van der Waals surface area contributed by atoms with E-state index in [0.717, 1.165) is 0 Å². The fourth-order valence-electron chi connectivity index (χ4n) is 0.393. The van der Waals surface area contributed by atoms with Gasteiger partial charge in [0.25, 0.3) is 5.56 Å². The van der Waals surface area contributed by atoms with Crippen molar-refractivity contribution in [3.8, 4) is 0 Å². The Balaban J connectivity index is 0.000000810. The zero-order valence-corrected chi connectivity index (χ0v) is 7.95. The Morgan fingerprint density at radius 2 is 2.00 bits per heavy atom. The number of hydrogen-bond acceptors (Lipinski definition) is 2. The summed E-state index contributed by atoms with van der Waals surface area (Å²) in [4.78, 5) is 24.0. The maximum absolute atomic E-state index is 12.0. The molecule has 6 heteroatoms. The van der Waals surface area contributed by atoms with Crippen LogP contribution in [0, 0.1) is 5.82 Å². The third-order valence-electron chi connectivity index (χ3n) is 0.774. The van der Waals surface area contributed by atoms with Crippen LogP contribution in [0.25, 0.3) is 0 Å². The van der Waals surface area contributed by atoms with Crippen molar-refractivity contribution in [2.24, 2.45) is 0 Å². The topological polar surface area (TPSA) is 65.7 Å². The first-order valence-corrected chi connectivity index (χ1v) is 2.17. The molecule has 0 radical (unpaired) electrons. The summed E-state index contributed by atoms with van der Waals surface area (Å²) < 4.78 is 12.0. The van der Waals surface area contributed by atoms with E-state index < -0.39 is 17.1 Å². The molecular weight excluding hydrogens is 202 g/mol. The molecule has 1 rings (SSSR count). The van der Waals surface area contributed by atoms with Crippen LogP contribution < -0.4 is 11.2 Å². The normalized spacial score (nSPS) is 8.50. The third-order valence-corrected chi connectivity index (χ3v) is 0.774. The van der Waals surface area contributed by atoms with E-state index in [1.165, 1.54) is 0 Å². The van der Waals surface area contributed by atoms with E-state index in [0.29, 0.717) is 6.20 Å². The molecule has 1 atom stereocenters. The summed E-state index contributed by atoms with van der Waals surface area (Å²) in [5.41, 5.74) is -1.71. The second kappa shape index (κ2) is 3.37. The average molecular weight is 208 g/mol. The Morgan fingerprint density at radius 1 is 1.40 bits per heavy atom. The van der Waals surface area contributed by atoms with Gasteiger partial charge in [0.05, 0.1) is 0 Å². The van der Waals surface area contributed by atoms with Crippen LogP contribution in [0.2, 0.25) is 0 Å². The van der Waals surface area contributed by atoms with Gasteiger partial charge in [-0.2, -0.15) is 4.39 Å². The summed E-state index contributed by atoms with van der Waals surface area (Å²) in [6.45, 7) is 0. The van der Waals surface area contributed by atoms with Gasteiger partial charge in [-0.1, -0.05) is 0 Å². The maximum atomic E-state index is 12.0. The van der Waals surface area contributed by atoms with E-state index in [1.807, 2.05) is 4.98 Å².